The number of nitrogens with zero attached hydrogens (tertiary/aromatic N) is 1. The van der Waals surface area contributed by atoms with E-state index in [2.05, 4.69) is 6.08 Å². The van der Waals surface area contributed by atoms with Gasteiger partial charge in [-0.05, 0) is 0 Å². The van der Waals surface area contributed by atoms with Crippen LogP contribution in [0, 0.1) is 0 Å². The molecule has 0 amide bonds. The second-order valence-electron chi connectivity index (χ2n) is 2.85. The Balaban J connectivity index is 2.59. The third kappa shape index (κ3) is 0.0238. The van der Waals surface area contributed by atoms with E-state index in [1.165, 1.54) is 10.5 Å². The molecule has 0 aliphatic carbocycles. The molecule has 1 heteroatoms. The molecular formula is C5H4N+. The normalized spacial score (nSPS) is 94.7. The van der Waals surface area contributed by atoms with Crippen molar-refractivity contribution in [3.63, 3.8) is 0 Å². The van der Waals surface area contributed by atoms with Crippen LogP contribution in [0.4, 0.5) is 0 Å². The summed E-state index contributed by atoms with van der Waals surface area (Å²) in [5.74, 6) is 0. The van der Waals surface area contributed by atoms with Gasteiger partial charge in [0.05, 0.1) is 0 Å². The SMILES string of the molecule is C1=C2C3C4C1[N+]234. The summed E-state index contributed by atoms with van der Waals surface area (Å²) >= 11 is 0. The van der Waals surface area contributed by atoms with Crippen molar-refractivity contribution in [1.82, 2.24) is 0 Å². The molecule has 0 aromatic carbocycles. The fourth-order valence-corrected chi connectivity index (χ4v) is 2.40. The van der Waals surface area contributed by atoms with Crippen LogP contribution in [0.1, 0.15) is 0 Å². The number of rotatable bonds is 0. The Morgan fingerprint density at radius 3 is 2.67 bits per heavy atom. The van der Waals surface area contributed by atoms with Gasteiger partial charge in [-0.15, -0.1) is 0 Å². The van der Waals surface area contributed by atoms with Gasteiger partial charge in [-0.2, -0.15) is 0 Å². The lowest BCUT2D eigenvalue weighted by molar-refractivity contribution is -0.588. The lowest BCUT2D eigenvalue weighted by Gasteiger charge is -1.87. The van der Waals surface area contributed by atoms with Crippen molar-refractivity contribution in [3.8, 4) is 0 Å². The molecule has 0 bridgehead atoms. The van der Waals surface area contributed by atoms with Gasteiger partial charge in [0, 0.05) is 6.08 Å². The van der Waals surface area contributed by atoms with Crippen molar-refractivity contribution in [2.75, 3.05) is 0 Å². The van der Waals surface area contributed by atoms with E-state index in [1.807, 2.05) is 0 Å². The Bertz CT molecular complexity index is 198. The summed E-state index contributed by atoms with van der Waals surface area (Å²) in [4.78, 5) is 0. The molecule has 4 aliphatic rings. The largest absolute Gasteiger partial charge is 0.249 e. The van der Waals surface area contributed by atoms with Gasteiger partial charge in [-0.3, -0.25) is 0 Å². The van der Waals surface area contributed by atoms with Gasteiger partial charge in [0.1, 0.15) is 0 Å². The average molecular weight is 78.1 g/mol. The standard InChI is InChI=1S/C5H4N/c1-2-4-5-3(1)6(2,4)5/h1-2,4-5H/q+1. The van der Waals surface area contributed by atoms with E-state index in [0.29, 0.717) is 0 Å². The molecule has 3 fully saturated rings. The highest BCUT2D eigenvalue weighted by Gasteiger charge is 3.14. The molecule has 3 saturated heterocycles. The third-order valence-electron chi connectivity index (χ3n) is 2.96. The summed E-state index contributed by atoms with van der Waals surface area (Å²) in [6.45, 7) is 0. The molecule has 0 N–H and O–H groups in total. The third-order valence-corrected chi connectivity index (χ3v) is 2.96. The zero-order valence-corrected chi connectivity index (χ0v) is 3.26. The van der Waals surface area contributed by atoms with Crippen LogP contribution >= 0.6 is 0 Å². The fraction of sp³-hybridized carbons (Fsp3) is 0.600. The highest BCUT2D eigenvalue weighted by Crippen LogP contribution is 2.90. The van der Waals surface area contributed by atoms with E-state index in [4.69, 9.17) is 0 Å². The molecule has 0 radical (unpaired) electrons. The van der Waals surface area contributed by atoms with Crippen molar-refractivity contribution in [1.29, 1.82) is 0 Å². The Kier molecular flexibility index (Phi) is 0.0510. The summed E-state index contributed by atoms with van der Waals surface area (Å²) < 4.78 is 1.53. The maximum atomic E-state index is 2.45. The average Bonchev–Trinajstić information content (AvgIpc) is 2.33. The smallest absolute Gasteiger partial charge is 0.228 e. The van der Waals surface area contributed by atoms with Crippen LogP contribution in [0.15, 0.2) is 11.8 Å². The number of hydrogen-bond donors (Lipinski definition) is 0. The van der Waals surface area contributed by atoms with Gasteiger partial charge in [-0.1, -0.05) is 0 Å². The highest BCUT2D eigenvalue weighted by molar-refractivity contribution is 5.56. The first-order valence-corrected chi connectivity index (χ1v) is 2.58. The summed E-state index contributed by atoms with van der Waals surface area (Å²) in [6, 6.07) is 3.40. The van der Waals surface area contributed by atoms with Crippen LogP contribution < -0.4 is 0 Å². The van der Waals surface area contributed by atoms with Gasteiger partial charge >= 0.3 is 0 Å². The van der Waals surface area contributed by atoms with Gasteiger partial charge in [0.2, 0.25) is 12.1 Å². The zero-order chi connectivity index (χ0) is 3.52. The minimum absolute atomic E-state index is 1.09. The molecular weight excluding hydrogens is 74.1 g/mol. The lowest BCUT2D eigenvalue weighted by Crippen LogP contribution is -2.02. The quantitative estimate of drug-likeness (QED) is 0.279. The van der Waals surface area contributed by atoms with Crippen LogP contribution in [0.25, 0.3) is 0 Å². The molecule has 4 heterocycles. The van der Waals surface area contributed by atoms with Crippen LogP contribution in [0.5, 0.6) is 0 Å². The first kappa shape index (κ1) is 1.66. The predicted octanol–water partition coefficient (Wildman–Crippen LogP) is -0.153. The molecule has 4 aliphatic heterocycles. The second-order valence-corrected chi connectivity index (χ2v) is 2.85. The maximum absolute atomic E-state index is 2.45. The molecule has 4 atom stereocenters. The number of quaternary nitrogens is 1. The molecule has 28 valence electrons. The van der Waals surface area contributed by atoms with E-state index < -0.39 is 0 Å². The number of fused-ring (bicyclic) bond motifs is 3. The van der Waals surface area contributed by atoms with Gasteiger partial charge in [0.25, 0.3) is 0 Å². The summed E-state index contributed by atoms with van der Waals surface area (Å²) in [6.07, 6.45) is 2.45. The van der Waals surface area contributed by atoms with E-state index in [-0.39, 0.29) is 0 Å². The Labute approximate surface area is 35.5 Å². The second kappa shape index (κ2) is 0.184. The monoisotopic (exact) mass is 78.0 g/mol. The van der Waals surface area contributed by atoms with Gasteiger partial charge < -0.3 is 0 Å². The maximum Gasteiger partial charge on any atom is 0.228 e. The van der Waals surface area contributed by atoms with Crippen molar-refractivity contribution in [2.24, 2.45) is 0 Å². The van der Waals surface area contributed by atoms with Crippen molar-refractivity contribution >= 4 is 0 Å². The van der Waals surface area contributed by atoms with E-state index in [1.54, 1.807) is 5.70 Å². The summed E-state index contributed by atoms with van der Waals surface area (Å²) in [5, 5.41) is 0. The topological polar surface area (TPSA) is 0 Å². The predicted molar refractivity (Wildman–Crippen MR) is 19.7 cm³/mol. The minimum Gasteiger partial charge on any atom is -0.249 e. The molecule has 6 heavy (non-hydrogen) atoms. The van der Waals surface area contributed by atoms with Crippen molar-refractivity contribution in [3.05, 3.63) is 11.8 Å². The van der Waals surface area contributed by atoms with Crippen LogP contribution in [-0.4, -0.2) is 22.6 Å². The number of hydrogen-bond acceptors (Lipinski definition) is 0. The van der Waals surface area contributed by atoms with Gasteiger partial charge in [-0.25, -0.2) is 4.48 Å². The summed E-state index contributed by atoms with van der Waals surface area (Å²) in [5.41, 5.74) is 1.78. The first-order chi connectivity index (χ1) is 2.97. The van der Waals surface area contributed by atoms with Crippen LogP contribution in [0.2, 0.25) is 0 Å². The fourth-order valence-electron chi connectivity index (χ4n) is 2.40. The Morgan fingerprint density at radius 2 is 2.67 bits per heavy atom. The molecule has 0 aromatic heterocycles. The lowest BCUT2D eigenvalue weighted by atomic mass is 10.3. The molecule has 4 rings (SSSR count). The van der Waals surface area contributed by atoms with Gasteiger partial charge in [0.15, 0.2) is 11.7 Å². The molecule has 4 unspecified atom stereocenters. The molecule has 1 spiro atoms. The Hall–Kier alpha value is -0.300. The van der Waals surface area contributed by atoms with E-state index in [0.717, 1.165) is 12.1 Å². The van der Waals surface area contributed by atoms with Crippen molar-refractivity contribution in [2.45, 2.75) is 18.1 Å². The Morgan fingerprint density at radius 1 is 1.67 bits per heavy atom. The van der Waals surface area contributed by atoms with E-state index >= 15 is 0 Å². The molecule has 0 saturated carbocycles. The first-order valence-electron chi connectivity index (χ1n) is 2.58. The minimum atomic E-state index is 1.09. The van der Waals surface area contributed by atoms with Crippen LogP contribution in [-0.2, 0) is 0 Å². The van der Waals surface area contributed by atoms with Crippen LogP contribution in [0.3, 0.4) is 0 Å². The summed E-state index contributed by atoms with van der Waals surface area (Å²) in [7, 11) is 0. The zero-order valence-electron chi connectivity index (χ0n) is 3.26. The van der Waals surface area contributed by atoms with Crippen molar-refractivity contribution < 1.29 is 4.48 Å². The highest BCUT2D eigenvalue weighted by atomic mass is 15.9. The molecule has 1 nitrogen and oxygen atoms in total. The molecule has 0 aromatic rings. The van der Waals surface area contributed by atoms with E-state index in [9.17, 15) is 0 Å².